The molecule has 1 aromatic heterocycles. The number of nitrogens with two attached hydrogens (primary N) is 1. The van der Waals surface area contributed by atoms with Crippen LogP contribution in [0.2, 0.25) is 0 Å². The van der Waals surface area contributed by atoms with E-state index in [1.165, 1.54) is 0 Å². The Morgan fingerprint density at radius 1 is 1.50 bits per heavy atom. The fourth-order valence-corrected chi connectivity index (χ4v) is 1.99. The molecule has 2 N–H and O–H groups in total. The van der Waals surface area contributed by atoms with Gasteiger partial charge in [-0.3, -0.25) is 9.48 Å². The molecule has 1 atom stereocenters. The van der Waals surface area contributed by atoms with Crippen LogP contribution >= 0.6 is 0 Å². The third-order valence-electron chi connectivity index (χ3n) is 2.83. The summed E-state index contributed by atoms with van der Waals surface area (Å²) in [5.41, 5.74) is 6.46. The predicted molar refractivity (Wildman–Crippen MR) is 70.9 cm³/mol. The van der Waals surface area contributed by atoms with E-state index in [1.807, 2.05) is 6.92 Å². The van der Waals surface area contributed by atoms with E-state index in [1.54, 1.807) is 18.0 Å². The van der Waals surface area contributed by atoms with E-state index >= 15 is 0 Å². The number of ketones is 1. The zero-order valence-corrected chi connectivity index (χ0v) is 11.5. The van der Waals surface area contributed by atoms with E-state index in [0.717, 1.165) is 19.3 Å². The number of rotatable bonds is 8. The minimum Gasteiger partial charge on any atom is -0.493 e. The molecule has 5 heteroatoms. The van der Waals surface area contributed by atoms with Crippen LogP contribution in [-0.2, 0) is 6.54 Å². The summed E-state index contributed by atoms with van der Waals surface area (Å²) in [5, 5.41) is 4.18. The van der Waals surface area contributed by atoms with Gasteiger partial charge < -0.3 is 10.5 Å². The van der Waals surface area contributed by atoms with Gasteiger partial charge in [0.2, 0.25) is 0 Å². The number of ether oxygens (including phenoxy) is 1. The van der Waals surface area contributed by atoms with Crippen molar-refractivity contribution in [2.45, 2.75) is 52.1 Å². The van der Waals surface area contributed by atoms with E-state index in [9.17, 15) is 4.79 Å². The number of nitrogens with zero attached hydrogens (tertiary/aromatic N) is 2. The van der Waals surface area contributed by atoms with Crippen LogP contribution in [0.1, 0.15) is 50.0 Å². The first-order valence-corrected chi connectivity index (χ1v) is 6.52. The Morgan fingerprint density at radius 2 is 2.22 bits per heavy atom. The Morgan fingerprint density at radius 3 is 2.78 bits per heavy atom. The van der Waals surface area contributed by atoms with Crippen molar-refractivity contribution < 1.29 is 9.53 Å². The topological polar surface area (TPSA) is 70.1 Å². The Bertz CT molecular complexity index is 388. The van der Waals surface area contributed by atoms with Crippen molar-refractivity contribution in [2.24, 2.45) is 5.73 Å². The van der Waals surface area contributed by atoms with E-state index in [0.29, 0.717) is 24.4 Å². The van der Waals surface area contributed by atoms with Gasteiger partial charge in [-0.05, 0) is 12.8 Å². The third kappa shape index (κ3) is 3.57. The van der Waals surface area contributed by atoms with E-state index in [4.69, 9.17) is 10.5 Å². The summed E-state index contributed by atoms with van der Waals surface area (Å²) in [7, 11) is 1.55. The molecule has 0 aliphatic rings. The smallest absolute Gasteiger partial charge is 0.186 e. The Kier molecular flexibility index (Phi) is 5.85. The van der Waals surface area contributed by atoms with Gasteiger partial charge in [-0.15, -0.1) is 0 Å². The molecule has 0 saturated carbocycles. The normalized spacial score (nSPS) is 12.4. The van der Waals surface area contributed by atoms with E-state index < -0.39 is 0 Å². The third-order valence-corrected chi connectivity index (χ3v) is 2.83. The van der Waals surface area contributed by atoms with Crippen LogP contribution in [0.15, 0.2) is 6.20 Å². The molecule has 0 spiro atoms. The molecule has 1 aromatic rings. The summed E-state index contributed by atoms with van der Waals surface area (Å²) >= 11 is 0. The maximum atomic E-state index is 12.2. The number of methoxy groups -OCH3 is 1. The Balaban J connectivity index is 2.85. The summed E-state index contributed by atoms with van der Waals surface area (Å²) < 4.78 is 6.90. The minimum absolute atomic E-state index is 0.0127. The number of hydrogen-bond acceptors (Lipinski definition) is 4. The standard InChI is InChI=1S/C13H23N3O2/c1-4-6-10(14)8-11(17)13-12(18-3)9-15-16(13)7-5-2/h9-10H,4-8,14H2,1-3H3. The molecule has 0 radical (unpaired) electrons. The molecule has 102 valence electrons. The molecule has 0 amide bonds. The fourth-order valence-electron chi connectivity index (χ4n) is 1.99. The van der Waals surface area contributed by atoms with Crippen LogP contribution in [0, 0.1) is 0 Å². The largest absolute Gasteiger partial charge is 0.493 e. The quantitative estimate of drug-likeness (QED) is 0.719. The summed E-state index contributed by atoms with van der Waals surface area (Å²) in [6.07, 6.45) is 4.70. The highest BCUT2D eigenvalue weighted by Crippen LogP contribution is 2.20. The van der Waals surface area contributed by atoms with E-state index in [-0.39, 0.29) is 11.8 Å². The summed E-state index contributed by atoms with van der Waals surface area (Å²) in [6.45, 7) is 4.82. The second kappa shape index (κ2) is 7.16. The molecule has 5 nitrogen and oxygen atoms in total. The number of aromatic nitrogens is 2. The van der Waals surface area contributed by atoms with Crippen LogP contribution < -0.4 is 10.5 Å². The number of carbonyl (C=O) groups is 1. The van der Waals surface area contributed by atoms with Gasteiger partial charge in [-0.25, -0.2) is 0 Å². The van der Waals surface area contributed by atoms with Gasteiger partial charge in [-0.2, -0.15) is 5.10 Å². The van der Waals surface area contributed by atoms with Gasteiger partial charge in [0.05, 0.1) is 13.3 Å². The highest BCUT2D eigenvalue weighted by Gasteiger charge is 2.20. The number of Topliss-reactive ketones (excluding diaryl/α,β-unsaturated/α-hetero) is 1. The van der Waals surface area contributed by atoms with Crippen molar-refractivity contribution in [3.8, 4) is 5.75 Å². The van der Waals surface area contributed by atoms with Crippen molar-refractivity contribution >= 4 is 5.78 Å². The highest BCUT2D eigenvalue weighted by atomic mass is 16.5. The van der Waals surface area contributed by atoms with Crippen molar-refractivity contribution in [1.29, 1.82) is 0 Å². The molecular weight excluding hydrogens is 230 g/mol. The van der Waals surface area contributed by atoms with Crippen molar-refractivity contribution in [3.63, 3.8) is 0 Å². The molecule has 18 heavy (non-hydrogen) atoms. The molecule has 0 aliphatic carbocycles. The first kappa shape index (κ1) is 14.7. The van der Waals surface area contributed by atoms with Crippen LogP contribution in [0.3, 0.4) is 0 Å². The average molecular weight is 253 g/mol. The maximum absolute atomic E-state index is 12.2. The summed E-state index contributed by atoms with van der Waals surface area (Å²) in [6, 6.07) is -0.0859. The number of hydrogen-bond donors (Lipinski definition) is 1. The molecule has 0 aromatic carbocycles. The van der Waals surface area contributed by atoms with Gasteiger partial charge in [0.1, 0.15) is 5.69 Å². The average Bonchev–Trinajstić information content (AvgIpc) is 2.72. The van der Waals surface area contributed by atoms with Crippen molar-refractivity contribution in [3.05, 3.63) is 11.9 Å². The fraction of sp³-hybridized carbons (Fsp3) is 0.692. The lowest BCUT2D eigenvalue weighted by Gasteiger charge is -2.11. The maximum Gasteiger partial charge on any atom is 0.186 e. The van der Waals surface area contributed by atoms with Gasteiger partial charge in [0, 0.05) is 19.0 Å². The van der Waals surface area contributed by atoms with E-state index in [2.05, 4.69) is 12.0 Å². The van der Waals surface area contributed by atoms with Gasteiger partial charge >= 0.3 is 0 Å². The van der Waals surface area contributed by atoms with Crippen LogP contribution in [0.4, 0.5) is 0 Å². The summed E-state index contributed by atoms with van der Waals surface area (Å²) in [5.74, 6) is 0.552. The molecule has 0 fully saturated rings. The monoisotopic (exact) mass is 253 g/mol. The van der Waals surface area contributed by atoms with Crippen molar-refractivity contribution in [1.82, 2.24) is 9.78 Å². The SMILES string of the molecule is CCCC(N)CC(=O)c1c(OC)cnn1CCC. The van der Waals surface area contributed by atoms with Crippen LogP contribution in [-0.4, -0.2) is 28.7 Å². The van der Waals surface area contributed by atoms with Gasteiger partial charge in [-0.1, -0.05) is 20.3 Å². The summed E-state index contributed by atoms with van der Waals surface area (Å²) in [4.78, 5) is 12.2. The van der Waals surface area contributed by atoms with Crippen molar-refractivity contribution in [2.75, 3.05) is 7.11 Å². The zero-order chi connectivity index (χ0) is 13.5. The number of carbonyl (C=O) groups excluding carboxylic acids is 1. The molecule has 1 unspecified atom stereocenters. The van der Waals surface area contributed by atoms with Gasteiger partial charge in [0.25, 0.3) is 0 Å². The highest BCUT2D eigenvalue weighted by molar-refractivity contribution is 5.97. The first-order valence-electron chi connectivity index (χ1n) is 6.52. The first-order chi connectivity index (χ1) is 8.63. The molecular formula is C13H23N3O2. The van der Waals surface area contributed by atoms with Crippen LogP contribution in [0.25, 0.3) is 0 Å². The lowest BCUT2D eigenvalue weighted by atomic mass is 10.0. The second-order valence-electron chi connectivity index (χ2n) is 4.46. The molecule has 1 heterocycles. The lowest BCUT2D eigenvalue weighted by molar-refractivity contribution is 0.0959. The van der Waals surface area contributed by atoms with Crippen LogP contribution in [0.5, 0.6) is 5.75 Å². The second-order valence-corrected chi connectivity index (χ2v) is 4.46. The number of aryl methyl sites for hydroxylation is 1. The Labute approximate surface area is 108 Å². The minimum atomic E-state index is -0.0859. The molecule has 1 rings (SSSR count). The Hall–Kier alpha value is -1.36. The zero-order valence-electron chi connectivity index (χ0n) is 11.5. The van der Waals surface area contributed by atoms with Gasteiger partial charge in [0.15, 0.2) is 11.5 Å². The molecule has 0 bridgehead atoms. The predicted octanol–water partition coefficient (Wildman–Crippen LogP) is 2.00. The molecule has 0 aliphatic heterocycles. The lowest BCUT2D eigenvalue weighted by Crippen LogP contribution is -2.25. The molecule has 0 saturated heterocycles.